The van der Waals surface area contributed by atoms with Gasteiger partial charge < -0.3 is 18.9 Å². The minimum absolute atomic E-state index is 0.492. The number of amidine groups is 2. The molecule has 9 aromatic carbocycles. The minimum Gasteiger partial charge on any atom is -0.456 e. The number of benzene rings is 9. The molecule has 3 aromatic heterocycles. The van der Waals surface area contributed by atoms with E-state index in [0.29, 0.717) is 0 Å². The molecule has 4 heterocycles. The summed E-state index contributed by atoms with van der Waals surface area (Å²) in [6.07, 6.45) is -0.492. The van der Waals surface area contributed by atoms with Crippen LogP contribution in [0.5, 0.6) is 0 Å². The first-order valence-corrected chi connectivity index (χ1v) is 21.3. The highest BCUT2D eigenvalue weighted by Gasteiger charge is 2.25. The van der Waals surface area contributed by atoms with E-state index in [9.17, 15) is 0 Å². The first-order chi connectivity index (χ1) is 31.2. The standard InChI is InChI=1S/C57H37N5O/c1-5-16-36(17-6-1)55-58-56(37-18-7-2-8-19-37)60-57(59-55)43-25-15-27-53-54(43)47-33-39(29-31-52(47)63-53)38-28-30-49-44(32-38)46-35-50-45(34-51(46)62(49)41-22-11-4-12-23-41)42-24-13-14-26-48(42)61(50)40-20-9-3-10-21-40/h1-35,57H,(H,58,59,60). The second-order valence-electron chi connectivity index (χ2n) is 16.2. The molecule has 0 spiro atoms. The van der Waals surface area contributed by atoms with E-state index in [0.717, 1.165) is 78.3 Å². The van der Waals surface area contributed by atoms with Gasteiger partial charge in [0, 0.05) is 60.4 Å². The zero-order valence-corrected chi connectivity index (χ0v) is 34.0. The van der Waals surface area contributed by atoms with Crippen LogP contribution in [0.3, 0.4) is 0 Å². The Morgan fingerprint density at radius 2 is 0.873 bits per heavy atom. The van der Waals surface area contributed by atoms with Crippen molar-refractivity contribution >= 4 is 77.2 Å². The molecule has 0 bridgehead atoms. The number of aromatic nitrogens is 2. The summed E-state index contributed by atoms with van der Waals surface area (Å²) in [4.78, 5) is 10.5. The summed E-state index contributed by atoms with van der Waals surface area (Å²) in [6.45, 7) is 0. The molecule has 6 nitrogen and oxygen atoms in total. The lowest BCUT2D eigenvalue weighted by Crippen LogP contribution is -2.36. The first kappa shape index (κ1) is 35.3. The van der Waals surface area contributed by atoms with Gasteiger partial charge in [0.15, 0.2) is 6.17 Å². The number of hydrogen-bond donors (Lipinski definition) is 1. The molecule has 6 heteroatoms. The van der Waals surface area contributed by atoms with Crippen LogP contribution in [0.25, 0.3) is 88.1 Å². The van der Waals surface area contributed by atoms with Gasteiger partial charge in [-0.1, -0.05) is 140 Å². The van der Waals surface area contributed by atoms with E-state index in [2.05, 4.69) is 178 Å². The molecule has 63 heavy (non-hydrogen) atoms. The third-order valence-electron chi connectivity index (χ3n) is 12.6. The average molecular weight is 808 g/mol. The van der Waals surface area contributed by atoms with Crippen molar-refractivity contribution in [2.45, 2.75) is 6.17 Å². The fourth-order valence-electron chi connectivity index (χ4n) is 9.69. The molecule has 0 unspecified atom stereocenters. The summed E-state index contributed by atoms with van der Waals surface area (Å²) in [5.74, 6) is 1.56. The smallest absolute Gasteiger partial charge is 0.170 e. The molecular weight excluding hydrogens is 771 g/mol. The van der Waals surface area contributed by atoms with Gasteiger partial charge in [-0.3, -0.25) is 0 Å². The van der Waals surface area contributed by atoms with Gasteiger partial charge in [0.2, 0.25) is 0 Å². The van der Waals surface area contributed by atoms with Gasteiger partial charge in [0.1, 0.15) is 22.8 Å². The van der Waals surface area contributed by atoms with Gasteiger partial charge in [-0.25, -0.2) is 9.98 Å². The summed E-state index contributed by atoms with van der Waals surface area (Å²) in [6, 6.07) is 75.1. The highest BCUT2D eigenvalue weighted by Crippen LogP contribution is 2.42. The van der Waals surface area contributed by atoms with Crippen molar-refractivity contribution in [3.05, 3.63) is 229 Å². The Kier molecular flexibility index (Phi) is 7.87. The highest BCUT2D eigenvalue weighted by molar-refractivity contribution is 6.20. The maximum absolute atomic E-state index is 6.57. The quantitative estimate of drug-likeness (QED) is 0.182. The lowest BCUT2D eigenvalue weighted by molar-refractivity contribution is 0.667. The first-order valence-electron chi connectivity index (χ1n) is 21.3. The Bertz CT molecular complexity index is 3750. The van der Waals surface area contributed by atoms with Crippen LogP contribution in [-0.4, -0.2) is 20.8 Å². The Hall–Kier alpha value is -8.48. The van der Waals surface area contributed by atoms with E-state index in [-0.39, 0.29) is 0 Å². The number of rotatable bonds is 6. The van der Waals surface area contributed by atoms with Crippen LogP contribution in [0, 0.1) is 0 Å². The summed E-state index contributed by atoms with van der Waals surface area (Å²) < 4.78 is 11.4. The normalized spacial score (nSPS) is 13.3. The number of fused-ring (bicyclic) bond motifs is 9. The Morgan fingerprint density at radius 3 is 1.51 bits per heavy atom. The van der Waals surface area contributed by atoms with Gasteiger partial charge >= 0.3 is 0 Å². The van der Waals surface area contributed by atoms with Crippen molar-refractivity contribution in [2.75, 3.05) is 0 Å². The molecular formula is C57H37N5O. The van der Waals surface area contributed by atoms with Crippen LogP contribution in [0.15, 0.2) is 227 Å². The molecule has 13 rings (SSSR count). The molecule has 0 saturated carbocycles. The molecule has 0 aliphatic carbocycles. The second-order valence-corrected chi connectivity index (χ2v) is 16.2. The zero-order valence-electron chi connectivity index (χ0n) is 34.0. The van der Waals surface area contributed by atoms with Crippen molar-refractivity contribution in [2.24, 2.45) is 9.98 Å². The highest BCUT2D eigenvalue weighted by atomic mass is 16.3. The van der Waals surface area contributed by atoms with E-state index >= 15 is 0 Å². The molecule has 1 N–H and O–H groups in total. The summed E-state index contributed by atoms with van der Waals surface area (Å²) in [5.41, 5.74) is 13.8. The van der Waals surface area contributed by atoms with Crippen LogP contribution in [-0.2, 0) is 0 Å². The Balaban J connectivity index is 1.01. The van der Waals surface area contributed by atoms with E-state index < -0.39 is 6.17 Å². The topological polar surface area (TPSA) is 59.8 Å². The molecule has 0 atom stereocenters. The number of aliphatic imine (C=N–C) groups is 2. The number of furan rings is 1. The van der Waals surface area contributed by atoms with Crippen LogP contribution in [0.1, 0.15) is 22.9 Å². The number of hydrogen-bond acceptors (Lipinski definition) is 4. The summed E-state index contributed by atoms with van der Waals surface area (Å²) in [5, 5.41) is 10.4. The van der Waals surface area contributed by atoms with E-state index in [1.165, 1.54) is 38.1 Å². The second kappa shape index (κ2) is 14.0. The fraction of sp³-hybridized carbons (Fsp3) is 0.0175. The Labute approximate surface area is 362 Å². The van der Waals surface area contributed by atoms with Crippen LogP contribution >= 0.6 is 0 Å². The van der Waals surface area contributed by atoms with E-state index in [4.69, 9.17) is 14.4 Å². The predicted octanol–water partition coefficient (Wildman–Crippen LogP) is 13.9. The van der Waals surface area contributed by atoms with Crippen LogP contribution in [0.2, 0.25) is 0 Å². The van der Waals surface area contributed by atoms with Gasteiger partial charge in [-0.15, -0.1) is 0 Å². The van der Waals surface area contributed by atoms with Crippen molar-refractivity contribution in [1.82, 2.24) is 14.5 Å². The van der Waals surface area contributed by atoms with Gasteiger partial charge in [0.05, 0.1) is 22.1 Å². The van der Waals surface area contributed by atoms with Crippen molar-refractivity contribution < 1.29 is 4.42 Å². The summed E-state index contributed by atoms with van der Waals surface area (Å²) in [7, 11) is 0. The minimum atomic E-state index is -0.492. The average Bonchev–Trinajstić information content (AvgIpc) is 4.01. The predicted molar refractivity (Wildman–Crippen MR) is 260 cm³/mol. The monoisotopic (exact) mass is 807 g/mol. The zero-order chi connectivity index (χ0) is 41.4. The van der Waals surface area contributed by atoms with E-state index in [1.54, 1.807) is 0 Å². The Morgan fingerprint density at radius 1 is 0.365 bits per heavy atom. The maximum atomic E-state index is 6.57. The SMILES string of the molecule is c1ccc(C2=NC(c3cccc4oc5ccc(-c6ccc7c(c6)c6cc8c(cc6n7-c6ccccc6)c6ccccc6n8-c6ccccc6)cc5c34)N=C(c3ccccc3)N2)cc1. The molecule has 0 fully saturated rings. The molecule has 0 radical (unpaired) electrons. The lowest BCUT2D eigenvalue weighted by atomic mass is 9.98. The third kappa shape index (κ3) is 5.65. The lowest BCUT2D eigenvalue weighted by Gasteiger charge is -2.22. The largest absolute Gasteiger partial charge is 0.456 e. The number of nitrogens with zero attached hydrogens (tertiary/aromatic N) is 4. The molecule has 0 saturated heterocycles. The molecule has 12 aromatic rings. The maximum Gasteiger partial charge on any atom is 0.170 e. The van der Waals surface area contributed by atoms with Gasteiger partial charge in [-0.2, -0.15) is 0 Å². The van der Waals surface area contributed by atoms with E-state index in [1.807, 2.05) is 48.5 Å². The summed E-state index contributed by atoms with van der Waals surface area (Å²) >= 11 is 0. The van der Waals surface area contributed by atoms with Crippen molar-refractivity contribution in [1.29, 1.82) is 0 Å². The number of para-hydroxylation sites is 3. The fourth-order valence-corrected chi connectivity index (χ4v) is 9.69. The molecule has 1 aliphatic heterocycles. The van der Waals surface area contributed by atoms with Gasteiger partial charge in [0.25, 0.3) is 0 Å². The molecule has 296 valence electrons. The number of nitrogens with one attached hydrogen (secondary N) is 1. The molecule has 0 amide bonds. The van der Waals surface area contributed by atoms with Gasteiger partial charge in [-0.05, 0) is 83.9 Å². The van der Waals surface area contributed by atoms with Crippen molar-refractivity contribution in [3.63, 3.8) is 0 Å². The van der Waals surface area contributed by atoms with Crippen molar-refractivity contribution in [3.8, 4) is 22.5 Å². The van der Waals surface area contributed by atoms with Crippen LogP contribution < -0.4 is 5.32 Å². The molecule has 1 aliphatic rings. The third-order valence-corrected chi connectivity index (χ3v) is 12.6. The van der Waals surface area contributed by atoms with Crippen LogP contribution in [0.4, 0.5) is 0 Å².